The van der Waals surface area contributed by atoms with E-state index in [1.54, 1.807) is 24.5 Å². The average Bonchev–Trinajstić information content (AvgIpc) is 2.23. The largest absolute Gasteiger partial charge is 0.265 e. The molecule has 0 bridgehead atoms. The molecule has 0 aliphatic carbocycles. The molecule has 1 nitrogen and oxygen atoms in total. The van der Waals surface area contributed by atoms with Crippen LogP contribution in [0.3, 0.4) is 0 Å². The zero-order valence-electron chi connectivity index (χ0n) is 7.24. The van der Waals surface area contributed by atoms with E-state index in [1.165, 1.54) is 12.1 Å². The van der Waals surface area contributed by atoms with Gasteiger partial charge in [0.15, 0.2) is 11.6 Å². The van der Waals surface area contributed by atoms with Crippen LogP contribution < -0.4 is 0 Å². The minimum absolute atomic E-state index is 0.645. The first-order valence-corrected chi connectivity index (χ1v) is 4.13. The molecule has 1 heterocycles. The summed E-state index contributed by atoms with van der Waals surface area (Å²) in [5.41, 5.74) is 1.46. The van der Waals surface area contributed by atoms with E-state index in [0.717, 1.165) is 11.6 Å². The van der Waals surface area contributed by atoms with Crippen LogP contribution in [0.1, 0.15) is 0 Å². The average molecular weight is 191 g/mol. The summed E-state index contributed by atoms with van der Waals surface area (Å²) in [6.45, 7) is 0. The van der Waals surface area contributed by atoms with Gasteiger partial charge in [0.25, 0.3) is 0 Å². The van der Waals surface area contributed by atoms with Gasteiger partial charge in [-0.25, -0.2) is 8.78 Å². The van der Waals surface area contributed by atoms with Crippen molar-refractivity contribution < 1.29 is 8.78 Å². The highest BCUT2D eigenvalue weighted by atomic mass is 19.2. The van der Waals surface area contributed by atoms with Crippen LogP contribution >= 0.6 is 0 Å². The third-order valence-corrected chi connectivity index (χ3v) is 1.93. The predicted molar refractivity (Wildman–Crippen MR) is 49.6 cm³/mol. The number of pyridine rings is 1. The molecule has 0 spiro atoms. The Balaban J connectivity index is 2.48. The van der Waals surface area contributed by atoms with E-state index < -0.39 is 11.6 Å². The maximum Gasteiger partial charge on any atom is 0.159 e. The third-order valence-electron chi connectivity index (χ3n) is 1.93. The van der Waals surface area contributed by atoms with Gasteiger partial charge in [-0.3, -0.25) is 4.98 Å². The second-order valence-corrected chi connectivity index (χ2v) is 2.86. The number of hydrogen-bond donors (Lipinski definition) is 0. The Morgan fingerprint density at radius 2 is 1.50 bits per heavy atom. The van der Waals surface area contributed by atoms with E-state index in [4.69, 9.17) is 0 Å². The van der Waals surface area contributed by atoms with Crippen LogP contribution in [0.4, 0.5) is 8.78 Å². The highest BCUT2D eigenvalue weighted by Crippen LogP contribution is 2.20. The van der Waals surface area contributed by atoms with Gasteiger partial charge < -0.3 is 0 Å². The summed E-state index contributed by atoms with van der Waals surface area (Å²) >= 11 is 0. The smallest absolute Gasteiger partial charge is 0.159 e. The summed E-state index contributed by atoms with van der Waals surface area (Å²) in [6, 6.07) is 7.31. The van der Waals surface area contributed by atoms with Crippen molar-refractivity contribution in [1.29, 1.82) is 0 Å². The first-order chi connectivity index (χ1) is 6.77. The third kappa shape index (κ3) is 1.62. The van der Waals surface area contributed by atoms with E-state index in [9.17, 15) is 8.78 Å². The summed E-state index contributed by atoms with van der Waals surface area (Å²) in [7, 11) is 0. The second kappa shape index (κ2) is 3.54. The number of rotatable bonds is 1. The molecule has 0 saturated heterocycles. The Hall–Kier alpha value is -1.77. The lowest BCUT2D eigenvalue weighted by Crippen LogP contribution is -1.85. The number of hydrogen-bond acceptors (Lipinski definition) is 1. The molecule has 0 fully saturated rings. The van der Waals surface area contributed by atoms with Crippen molar-refractivity contribution >= 4 is 0 Å². The molecule has 70 valence electrons. The van der Waals surface area contributed by atoms with Crippen molar-refractivity contribution in [3.8, 4) is 11.1 Å². The molecule has 0 aliphatic heterocycles. The molecule has 14 heavy (non-hydrogen) atoms. The number of nitrogens with zero attached hydrogens (tertiary/aromatic N) is 1. The fourth-order valence-corrected chi connectivity index (χ4v) is 1.22. The molecular weight excluding hydrogens is 184 g/mol. The Morgan fingerprint density at radius 1 is 0.786 bits per heavy atom. The molecule has 0 saturated carbocycles. The van der Waals surface area contributed by atoms with Crippen molar-refractivity contribution in [3.63, 3.8) is 0 Å². The van der Waals surface area contributed by atoms with E-state index in [2.05, 4.69) is 4.98 Å². The molecule has 1 aromatic heterocycles. The number of aromatic nitrogens is 1. The quantitative estimate of drug-likeness (QED) is 0.675. The molecule has 0 N–H and O–H groups in total. The first kappa shape index (κ1) is 8.81. The lowest BCUT2D eigenvalue weighted by molar-refractivity contribution is 0.509. The lowest BCUT2D eigenvalue weighted by Gasteiger charge is -2.00. The van der Waals surface area contributed by atoms with Gasteiger partial charge in [0.05, 0.1) is 0 Å². The van der Waals surface area contributed by atoms with Crippen molar-refractivity contribution in [3.05, 3.63) is 54.4 Å². The van der Waals surface area contributed by atoms with Crippen LogP contribution in [0.2, 0.25) is 0 Å². The van der Waals surface area contributed by atoms with Gasteiger partial charge in [-0.1, -0.05) is 6.07 Å². The molecular formula is C11H7F2N. The summed E-state index contributed by atoms with van der Waals surface area (Å²) in [5.74, 6) is -1.66. The van der Waals surface area contributed by atoms with Crippen molar-refractivity contribution in [2.75, 3.05) is 0 Å². The highest BCUT2D eigenvalue weighted by Gasteiger charge is 2.03. The maximum atomic E-state index is 12.9. The number of halogens is 2. The van der Waals surface area contributed by atoms with Crippen LogP contribution in [-0.4, -0.2) is 4.98 Å². The molecule has 2 rings (SSSR count). The van der Waals surface area contributed by atoms with Gasteiger partial charge in [-0.05, 0) is 35.4 Å². The van der Waals surface area contributed by atoms with Gasteiger partial charge >= 0.3 is 0 Å². The Morgan fingerprint density at radius 3 is 2.14 bits per heavy atom. The van der Waals surface area contributed by atoms with Crippen LogP contribution in [0.15, 0.2) is 42.7 Å². The van der Waals surface area contributed by atoms with Crippen LogP contribution in [-0.2, 0) is 0 Å². The summed E-state index contributed by atoms with van der Waals surface area (Å²) in [5, 5.41) is 0. The fourth-order valence-electron chi connectivity index (χ4n) is 1.22. The van der Waals surface area contributed by atoms with Crippen molar-refractivity contribution in [2.45, 2.75) is 0 Å². The minimum atomic E-state index is -0.834. The predicted octanol–water partition coefficient (Wildman–Crippen LogP) is 3.03. The van der Waals surface area contributed by atoms with E-state index >= 15 is 0 Å². The van der Waals surface area contributed by atoms with Crippen LogP contribution in [0.5, 0.6) is 0 Å². The van der Waals surface area contributed by atoms with E-state index in [-0.39, 0.29) is 0 Å². The summed E-state index contributed by atoms with van der Waals surface area (Å²) in [6.07, 6.45) is 3.22. The minimum Gasteiger partial charge on any atom is -0.265 e. The molecule has 3 heteroatoms. The van der Waals surface area contributed by atoms with Gasteiger partial charge in [0, 0.05) is 12.4 Å². The molecule has 0 amide bonds. The van der Waals surface area contributed by atoms with E-state index in [0.29, 0.717) is 5.56 Å². The SMILES string of the molecule is Fc1ccc(-c2ccncc2)cc1F. The lowest BCUT2D eigenvalue weighted by atomic mass is 10.1. The first-order valence-electron chi connectivity index (χ1n) is 4.13. The zero-order chi connectivity index (χ0) is 9.97. The van der Waals surface area contributed by atoms with Crippen molar-refractivity contribution in [2.24, 2.45) is 0 Å². The normalized spacial score (nSPS) is 10.1. The Bertz CT molecular complexity index is 440. The highest BCUT2D eigenvalue weighted by molar-refractivity contribution is 5.62. The Kier molecular flexibility index (Phi) is 2.23. The monoisotopic (exact) mass is 191 g/mol. The standard InChI is InChI=1S/C11H7F2N/c12-10-2-1-9(7-11(10)13)8-3-5-14-6-4-8/h1-7H. The summed E-state index contributed by atoms with van der Waals surface area (Å²) in [4.78, 5) is 3.84. The molecule has 0 radical (unpaired) electrons. The van der Waals surface area contributed by atoms with Crippen LogP contribution in [0, 0.1) is 11.6 Å². The van der Waals surface area contributed by atoms with Crippen LogP contribution in [0.25, 0.3) is 11.1 Å². The van der Waals surface area contributed by atoms with Gasteiger partial charge in [0.1, 0.15) is 0 Å². The molecule has 0 atom stereocenters. The fraction of sp³-hybridized carbons (Fsp3) is 0. The van der Waals surface area contributed by atoms with Gasteiger partial charge in [-0.2, -0.15) is 0 Å². The molecule has 0 unspecified atom stereocenters. The van der Waals surface area contributed by atoms with Gasteiger partial charge in [0.2, 0.25) is 0 Å². The Labute approximate surface area is 80.0 Å². The topological polar surface area (TPSA) is 12.9 Å². The maximum absolute atomic E-state index is 12.9. The van der Waals surface area contributed by atoms with Gasteiger partial charge in [-0.15, -0.1) is 0 Å². The summed E-state index contributed by atoms with van der Waals surface area (Å²) < 4.78 is 25.5. The zero-order valence-corrected chi connectivity index (χ0v) is 7.24. The second-order valence-electron chi connectivity index (χ2n) is 2.86. The molecule has 1 aromatic carbocycles. The molecule has 2 aromatic rings. The van der Waals surface area contributed by atoms with Crippen molar-refractivity contribution in [1.82, 2.24) is 4.98 Å². The van der Waals surface area contributed by atoms with E-state index in [1.807, 2.05) is 0 Å². The number of benzene rings is 1. The molecule has 0 aliphatic rings.